The number of likely N-dealkylation sites (tertiary alicyclic amines) is 1. The van der Waals surface area contributed by atoms with Gasteiger partial charge in [0.25, 0.3) is 0 Å². The molecule has 2 aliphatic heterocycles. The van der Waals surface area contributed by atoms with Gasteiger partial charge in [-0.3, -0.25) is 9.89 Å². The van der Waals surface area contributed by atoms with E-state index >= 15 is 0 Å². The molecule has 7 nitrogen and oxygen atoms in total. The molecule has 1 saturated heterocycles. The molecule has 0 aliphatic carbocycles. The molecule has 2 heterocycles. The van der Waals surface area contributed by atoms with Crippen LogP contribution in [0, 0.1) is 0 Å². The Morgan fingerprint density at radius 1 is 1.32 bits per heavy atom. The quantitative estimate of drug-likeness (QED) is 0.178. The van der Waals surface area contributed by atoms with E-state index in [1.807, 2.05) is 0 Å². The monoisotopic (exact) mass is 486 g/mol. The number of nitrogens with one attached hydrogen (secondary N) is 1. The van der Waals surface area contributed by atoms with Crippen molar-refractivity contribution < 1.29 is 13.2 Å². The number of nitrogens with zero attached hydrogens (tertiary/aromatic N) is 3. The lowest BCUT2D eigenvalue weighted by molar-refractivity contribution is 0.157. The second-order valence-electron chi connectivity index (χ2n) is 6.29. The summed E-state index contributed by atoms with van der Waals surface area (Å²) in [7, 11) is -2.95. The van der Waals surface area contributed by atoms with Crippen LogP contribution in [-0.2, 0) is 14.6 Å². The van der Waals surface area contributed by atoms with E-state index < -0.39 is 9.84 Å². The maximum absolute atomic E-state index is 11.0. The predicted molar refractivity (Wildman–Crippen MR) is 113 cm³/mol. The number of rotatable bonds is 8. The van der Waals surface area contributed by atoms with Gasteiger partial charge in [-0.25, -0.2) is 8.42 Å². The summed E-state index contributed by atoms with van der Waals surface area (Å²) >= 11 is 0. The van der Waals surface area contributed by atoms with Crippen LogP contribution in [0.4, 0.5) is 0 Å². The number of aliphatic imine (C=N–C) groups is 1. The Kier molecular flexibility index (Phi) is 10.3. The molecular formula is C16H31IN4O3S. The van der Waals surface area contributed by atoms with Crippen molar-refractivity contribution in [1.29, 1.82) is 0 Å². The van der Waals surface area contributed by atoms with Crippen LogP contribution in [0.25, 0.3) is 0 Å². The fourth-order valence-corrected chi connectivity index (χ4v) is 3.40. The zero-order valence-electron chi connectivity index (χ0n) is 15.2. The molecule has 0 amide bonds. The van der Waals surface area contributed by atoms with Crippen LogP contribution in [0.5, 0.6) is 0 Å². The number of halogens is 1. The Morgan fingerprint density at radius 3 is 2.68 bits per heavy atom. The molecule has 0 aromatic carbocycles. The minimum atomic E-state index is -2.95. The van der Waals surface area contributed by atoms with E-state index in [2.05, 4.69) is 39.2 Å². The molecular weight excluding hydrogens is 455 g/mol. The first kappa shape index (κ1) is 22.7. The van der Waals surface area contributed by atoms with Crippen molar-refractivity contribution in [1.82, 2.24) is 15.1 Å². The Balaban J connectivity index is 0.00000312. The molecule has 2 rings (SSSR count). The summed E-state index contributed by atoms with van der Waals surface area (Å²) in [5, 5.41) is 3.34. The molecule has 146 valence electrons. The van der Waals surface area contributed by atoms with Gasteiger partial charge in [0.15, 0.2) is 5.96 Å². The predicted octanol–water partition coefficient (Wildman–Crippen LogP) is 0.577. The van der Waals surface area contributed by atoms with Gasteiger partial charge in [-0.2, -0.15) is 0 Å². The molecule has 0 radical (unpaired) electrons. The lowest BCUT2D eigenvalue weighted by atomic mass is 10.2. The minimum Gasteiger partial charge on any atom is -0.378 e. The Morgan fingerprint density at radius 2 is 2.04 bits per heavy atom. The Hall–Kier alpha value is -0.390. The summed E-state index contributed by atoms with van der Waals surface area (Å²) in [6, 6.07) is 0.592. The van der Waals surface area contributed by atoms with Gasteiger partial charge in [0.2, 0.25) is 0 Å². The number of hydrogen-bond acceptors (Lipinski definition) is 5. The van der Waals surface area contributed by atoms with E-state index in [-0.39, 0.29) is 36.3 Å². The summed E-state index contributed by atoms with van der Waals surface area (Å²) < 4.78 is 27.4. The second-order valence-corrected chi connectivity index (χ2v) is 8.55. The van der Waals surface area contributed by atoms with E-state index in [1.165, 1.54) is 6.26 Å². The van der Waals surface area contributed by atoms with Gasteiger partial charge in [0.05, 0.1) is 25.5 Å². The van der Waals surface area contributed by atoms with Gasteiger partial charge in [0.1, 0.15) is 9.84 Å². The average molecular weight is 486 g/mol. The zero-order chi connectivity index (χ0) is 17.4. The van der Waals surface area contributed by atoms with E-state index in [0.29, 0.717) is 19.2 Å². The summed E-state index contributed by atoms with van der Waals surface area (Å²) in [6.07, 6.45) is 6.85. The average Bonchev–Trinajstić information content (AvgIpc) is 3.18. The summed E-state index contributed by atoms with van der Waals surface area (Å²) in [4.78, 5) is 9.42. The molecule has 1 atom stereocenters. The lowest BCUT2D eigenvalue weighted by Gasteiger charge is -2.25. The number of hydrogen-bond donors (Lipinski definition) is 1. The van der Waals surface area contributed by atoms with Gasteiger partial charge in [-0.15, -0.1) is 24.0 Å². The Bertz CT molecular complexity index is 546. The van der Waals surface area contributed by atoms with Crippen LogP contribution in [-0.4, -0.2) is 94.7 Å². The van der Waals surface area contributed by atoms with Crippen molar-refractivity contribution in [3.05, 3.63) is 12.2 Å². The molecule has 2 aliphatic rings. The highest BCUT2D eigenvalue weighted by Crippen LogP contribution is 2.17. The third-order valence-electron chi connectivity index (χ3n) is 4.26. The minimum absolute atomic E-state index is 0. The molecule has 1 fully saturated rings. The molecule has 0 aromatic heterocycles. The maximum Gasteiger partial charge on any atom is 0.194 e. The highest BCUT2D eigenvalue weighted by Gasteiger charge is 2.29. The first-order valence-corrected chi connectivity index (χ1v) is 10.7. The van der Waals surface area contributed by atoms with Crippen LogP contribution in [0.15, 0.2) is 17.1 Å². The number of guanidine groups is 1. The van der Waals surface area contributed by atoms with Crippen LogP contribution >= 0.6 is 24.0 Å². The smallest absolute Gasteiger partial charge is 0.194 e. The van der Waals surface area contributed by atoms with Crippen molar-refractivity contribution >= 4 is 39.8 Å². The van der Waals surface area contributed by atoms with Gasteiger partial charge in [-0.1, -0.05) is 12.2 Å². The second kappa shape index (κ2) is 11.3. The molecule has 25 heavy (non-hydrogen) atoms. The van der Waals surface area contributed by atoms with Gasteiger partial charge in [-0.05, 0) is 13.3 Å². The van der Waals surface area contributed by atoms with Crippen LogP contribution < -0.4 is 5.32 Å². The third-order valence-corrected chi connectivity index (χ3v) is 5.16. The molecule has 0 spiro atoms. The molecule has 0 bridgehead atoms. The standard InChI is InChI=1S/C16H30N4O3S.HI/c1-3-17-16(18-7-11-23-12-13-24(2,21)22)20-10-6-15(14-20)19-8-4-5-9-19;/h4-5,15H,3,6-14H2,1-2H3,(H,17,18);1H. The van der Waals surface area contributed by atoms with E-state index in [1.54, 1.807) is 0 Å². The third kappa shape index (κ3) is 8.23. The van der Waals surface area contributed by atoms with Crippen LogP contribution in [0.2, 0.25) is 0 Å². The normalized spacial score (nSPS) is 21.6. The Labute approximate surface area is 168 Å². The summed E-state index contributed by atoms with van der Waals surface area (Å²) in [5.74, 6) is 0.993. The van der Waals surface area contributed by atoms with E-state index in [0.717, 1.165) is 45.1 Å². The van der Waals surface area contributed by atoms with Crippen molar-refractivity contribution in [2.45, 2.75) is 19.4 Å². The number of sulfone groups is 1. The summed E-state index contributed by atoms with van der Waals surface area (Å²) in [5.41, 5.74) is 0. The van der Waals surface area contributed by atoms with Gasteiger partial charge in [0, 0.05) is 45.0 Å². The zero-order valence-corrected chi connectivity index (χ0v) is 18.3. The van der Waals surface area contributed by atoms with E-state index in [9.17, 15) is 8.42 Å². The molecule has 0 saturated carbocycles. The largest absolute Gasteiger partial charge is 0.378 e. The maximum atomic E-state index is 11.0. The van der Waals surface area contributed by atoms with Crippen LogP contribution in [0.1, 0.15) is 13.3 Å². The van der Waals surface area contributed by atoms with E-state index in [4.69, 9.17) is 4.74 Å². The van der Waals surface area contributed by atoms with Crippen molar-refractivity contribution in [2.75, 3.05) is 64.5 Å². The first-order valence-electron chi connectivity index (χ1n) is 8.67. The highest BCUT2D eigenvalue weighted by molar-refractivity contribution is 14.0. The summed E-state index contributed by atoms with van der Waals surface area (Å²) in [6.45, 7) is 8.25. The fourth-order valence-electron chi connectivity index (χ4n) is 2.98. The van der Waals surface area contributed by atoms with Crippen LogP contribution in [0.3, 0.4) is 0 Å². The molecule has 1 unspecified atom stereocenters. The molecule has 9 heteroatoms. The first-order chi connectivity index (χ1) is 11.5. The topological polar surface area (TPSA) is 74.2 Å². The number of ether oxygens (including phenoxy) is 1. The van der Waals surface area contributed by atoms with Crippen molar-refractivity contribution in [3.63, 3.8) is 0 Å². The van der Waals surface area contributed by atoms with Crippen molar-refractivity contribution in [3.8, 4) is 0 Å². The SMILES string of the molecule is CCNC(=NCCOCCS(C)(=O)=O)N1CCC(N2CC=CC2)C1.I. The molecule has 0 aromatic rings. The lowest BCUT2D eigenvalue weighted by Crippen LogP contribution is -2.43. The van der Waals surface area contributed by atoms with Crippen molar-refractivity contribution in [2.24, 2.45) is 4.99 Å². The van der Waals surface area contributed by atoms with Gasteiger partial charge >= 0.3 is 0 Å². The molecule has 1 N–H and O–H groups in total. The highest BCUT2D eigenvalue weighted by atomic mass is 127. The fraction of sp³-hybridized carbons (Fsp3) is 0.812. The van der Waals surface area contributed by atoms with Gasteiger partial charge < -0.3 is 15.0 Å².